The zero-order chi connectivity index (χ0) is 14.4. The van der Waals surface area contributed by atoms with Gasteiger partial charge in [0.1, 0.15) is 10.4 Å². The second-order valence-corrected chi connectivity index (χ2v) is 5.88. The first-order valence-corrected chi connectivity index (χ1v) is 6.62. The Morgan fingerprint density at radius 3 is 2.63 bits per heavy atom. The van der Waals surface area contributed by atoms with E-state index in [9.17, 15) is 14.4 Å². The molecule has 0 radical (unpaired) electrons. The van der Waals surface area contributed by atoms with E-state index in [2.05, 4.69) is 4.98 Å². The average molecular weight is 282 g/mol. The molecule has 0 saturated heterocycles. The molecule has 7 heteroatoms. The quantitative estimate of drug-likeness (QED) is 0.882. The summed E-state index contributed by atoms with van der Waals surface area (Å²) in [5.41, 5.74) is -2.86. The van der Waals surface area contributed by atoms with Gasteiger partial charge >= 0.3 is 11.7 Å². The summed E-state index contributed by atoms with van der Waals surface area (Å²) in [6.07, 6.45) is 0.753. The van der Waals surface area contributed by atoms with Gasteiger partial charge in [-0.1, -0.05) is 6.92 Å². The van der Waals surface area contributed by atoms with Crippen LogP contribution in [0.15, 0.2) is 15.7 Å². The predicted molar refractivity (Wildman–Crippen MR) is 73.0 cm³/mol. The fourth-order valence-corrected chi connectivity index (χ4v) is 2.81. The van der Waals surface area contributed by atoms with Gasteiger partial charge in [0.05, 0.1) is 5.39 Å². The van der Waals surface area contributed by atoms with Crippen LogP contribution >= 0.6 is 11.3 Å². The minimum atomic E-state index is -1.59. The van der Waals surface area contributed by atoms with Gasteiger partial charge in [-0.3, -0.25) is 9.78 Å². The van der Waals surface area contributed by atoms with Crippen LogP contribution in [0.25, 0.3) is 10.2 Å². The van der Waals surface area contributed by atoms with E-state index in [0.717, 1.165) is 15.9 Å². The number of thiophene rings is 1. The zero-order valence-electron chi connectivity index (χ0n) is 10.8. The third kappa shape index (κ3) is 1.99. The molecule has 0 aliphatic carbocycles. The van der Waals surface area contributed by atoms with Crippen molar-refractivity contribution in [1.82, 2.24) is 9.55 Å². The SMILES string of the molecule is CCc1cc2c(=O)n(C(C)(C)C(=O)O)c(=O)[nH]c2s1. The molecular formula is C12H14N2O4S. The number of hydrogen-bond donors (Lipinski definition) is 2. The number of carboxylic acids is 1. The molecule has 2 N–H and O–H groups in total. The summed E-state index contributed by atoms with van der Waals surface area (Å²) in [5.74, 6) is -1.23. The highest BCUT2D eigenvalue weighted by Crippen LogP contribution is 2.21. The monoisotopic (exact) mass is 282 g/mol. The maximum absolute atomic E-state index is 12.3. The van der Waals surface area contributed by atoms with Crippen LogP contribution in [0, 0.1) is 0 Å². The minimum absolute atomic E-state index is 0.357. The molecule has 0 spiro atoms. The van der Waals surface area contributed by atoms with Gasteiger partial charge in [-0.25, -0.2) is 14.2 Å². The lowest BCUT2D eigenvalue weighted by Crippen LogP contribution is -2.50. The van der Waals surface area contributed by atoms with E-state index < -0.39 is 22.8 Å². The van der Waals surface area contributed by atoms with Crippen LogP contribution < -0.4 is 11.2 Å². The van der Waals surface area contributed by atoms with Crippen molar-refractivity contribution >= 4 is 27.5 Å². The van der Waals surface area contributed by atoms with E-state index in [1.165, 1.54) is 25.2 Å². The maximum atomic E-state index is 12.3. The van der Waals surface area contributed by atoms with Crippen LogP contribution in [-0.2, 0) is 16.8 Å². The van der Waals surface area contributed by atoms with E-state index in [1.54, 1.807) is 6.07 Å². The first kappa shape index (κ1) is 13.5. The Morgan fingerprint density at radius 2 is 2.11 bits per heavy atom. The van der Waals surface area contributed by atoms with Crippen molar-refractivity contribution in [2.75, 3.05) is 0 Å². The second kappa shape index (κ2) is 4.34. The first-order valence-electron chi connectivity index (χ1n) is 5.80. The molecule has 0 saturated carbocycles. The average Bonchev–Trinajstić information content (AvgIpc) is 2.71. The fourth-order valence-electron chi connectivity index (χ4n) is 1.84. The number of nitrogens with zero attached hydrogens (tertiary/aromatic N) is 1. The molecule has 0 aliphatic rings. The lowest BCUT2D eigenvalue weighted by atomic mass is 10.1. The molecule has 19 heavy (non-hydrogen) atoms. The van der Waals surface area contributed by atoms with Crippen LogP contribution in [0.3, 0.4) is 0 Å². The number of aryl methyl sites for hydroxylation is 1. The fraction of sp³-hybridized carbons (Fsp3) is 0.417. The number of aromatic nitrogens is 2. The number of carbonyl (C=O) groups is 1. The number of rotatable bonds is 3. The summed E-state index contributed by atoms with van der Waals surface area (Å²) >= 11 is 1.34. The largest absolute Gasteiger partial charge is 0.480 e. The van der Waals surface area contributed by atoms with Crippen molar-refractivity contribution in [3.8, 4) is 0 Å². The van der Waals surface area contributed by atoms with Gasteiger partial charge in [-0.15, -0.1) is 11.3 Å². The van der Waals surface area contributed by atoms with Gasteiger partial charge < -0.3 is 5.11 Å². The lowest BCUT2D eigenvalue weighted by Gasteiger charge is -2.20. The third-order valence-electron chi connectivity index (χ3n) is 3.07. The topological polar surface area (TPSA) is 92.2 Å². The van der Waals surface area contributed by atoms with Crippen LogP contribution in [0.1, 0.15) is 25.6 Å². The molecule has 102 valence electrons. The van der Waals surface area contributed by atoms with Crippen molar-refractivity contribution < 1.29 is 9.90 Å². The van der Waals surface area contributed by atoms with Gasteiger partial charge in [-0.05, 0) is 26.3 Å². The smallest absolute Gasteiger partial charge is 0.330 e. The molecule has 2 rings (SSSR count). The molecule has 6 nitrogen and oxygen atoms in total. The van der Waals surface area contributed by atoms with Crippen LogP contribution in [0.2, 0.25) is 0 Å². The Bertz CT molecular complexity index is 766. The molecule has 0 bridgehead atoms. The Balaban J connectivity index is 2.87. The van der Waals surface area contributed by atoms with Crippen molar-refractivity contribution in [1.29, 1.82) is 0 Å². The molecule has 0 fully saturated rings. The van der Waals surface area contributed by atoms with E-state index in [4.69, 9.17) is 5.11 Å². The molecule has 0 amide bonds. The number of fused-ring (bicyclic) bond motifs is 1. The number of nitrogens with one attached hydrogen (secondary N) is 1. The molecule has 0 unspecified atom stereocenters. The molecule has 0 atom stereocenters. The van der Waals surface area contributed by atoms with E-state index in [0.29, 0.717) is 10.2 Å². The molecule has 2 aromatic heterocycles. The highest BCUT2D eigenvalue weighted by molar-refractivity contribution is 7.18. The summed E-state index contributed by atoms with van der Waals surface area (Å²) < 4.78 is 0.754. The van der Waals surface area contributed by atoms with E-state index >= 15 is 0 Å². The van der Waals surface area contributed by atoms with Crippen LogP contribution in [-0.4, -0.2) is 20.6 Å². The molecular weight excluding hydrogens is 268 g/mol. The Kier molecular flexibility index (Phi) is 3.09. The Hall–Kier alpha value is -1.89. The number of H-pyrrole nitrogens is 1. The lowest BCUT2D eigenvalue weighted by molar-refractivity contribution is -0.146. The number of aliphatic carboxylic acids is 1. The van der Waals surface area contributed by atoms with Crippen LogP contribution in [0.4, 0.5) is 0 Å². The van der Waals surface area contributed by atoms with E-state index in [-0.39, 0.29) is 0 Å². The van der Waals surface area contributed by atoms with Gasteiger partial charge in [-0.2, -0.15) is 0 Å². The number of carboxylic acid groups (broad SMARTS) is 1. The van der Waals surface area contributed by atoms with Crippen molar-refractivity contribution in [3.05, 3.63) is 31.8 Å². The normalized spacial score (nSPS) is 11.9. The second-order valence-electron chi connectivity index (χ2n) is 4.74. The standard InChI is InChI=1S/C12H14N2O4S/c1-4-6-5-7-8(19-6)13-11(18)14(9(7)15)12(2,3)10(16)17/h5H,4H2,1-3H3,(H,13,18)(H,16,17). The van der Waals surface area contributed by atoms with Crippen molar-refractivity contribution in [3.63, 3.8) is 0 Å². The van der Waals surface area contributed by atoms with E-state index in [1.807, 2.05) is 6.92 Å². The minimum Gasteiger partial charge on any atom is -0.480 e. The first-order chi connectivity index (χ1) is 8.78. The van der Waals surface area contributed by atoms with Crippen molar-refractivity contribution in [2.24, 2.45) is 0 Å². The molecule has 0 aliphatic heterocycles. The predicted octanol–water partition coefficient (Wildman–Crippen LogP) is 1.13. The summed E-state index contributed by atoms with van der Waals surface area (Å²) in [5, 5.41) is 9.51. The summed E-state index contributed by atoms with van der Waals surface area (Å²) in [4.78, 5) is 39.5. The Labute approximate surface area is 112 Å². The van der Waals surface area contributed by atoms with Crippen molar-refractivity contribution in [2.45, 2.75) is 32.7 Å². The Morgan fingerprint density at radius 1 is 1.47 bits per heavy atom. The molecule has 2 heterocycles. The van der Waals surface area contributed by atoms with Gasteiger partial charge in [0, 0.05) is 4.88 Å². The van der Waals surface area contributed by atoms with Gasteiger partial charge in [0.15, 0.2) is 0 Å². The summed E-state index contributed by atoms with van der Waals surface area (Å²) in [6, 6.07) is 1.70. The molecule has 2 aromatic rings. The highest BCUT2D eigenvalue weighted by atomic mass is 32.1. The number of aromatic amines is 1. The number of hydrogen-bond acceptors (Lipinski definition) is 4. The summed E-state index contributed by atoms with van der Waals surface area (Å²) in [7, 11) is 0. The third-order valence-corrected chi connectivity index (χ3v) is 4.27. The van der Waals surface area contributed by atoms with Crippen LogP contribution in [0.5, 0.6) is 0 Å². The van der Waals surface area contributed by atoms with Gasteiger partial charge in [0.25, 0.3) is 5.56 Å². The zero-order valence-corrected chi connectivity index (χ0v) is 11.6. The summed E-state index contributed by atoms with van der Waals surface area (Å²) in [6.45, 7) is 4.60. The maximum Gasteiger partial charge on any atom is 0.330 e. The highest BCUT2D eigenvalue weighted by Gasteiger charge is 2.33. The van der Waals surface area contributed by atoms with Gasteiger partial charge in [0.2, 0.25) is 0 Å². The molecule has 0 aromatic carbocycles.